The van der Waals surface area contributed by atoms with Crippen LogP contribution in [0.4, 0.5) is 5.82 Å². The fraction of sp³-hybridized carbons (Fsp3) is 0.643. The van der Waals surface area contributed by atoms with Crippen LogP contribution in [0.25, 0.3) is 11.2 Å². The Morgan fingerprint density at radius 3 is 2.68 bits per heavy atom. The molecule has 4 atom stereocenters. The van der Waals surface area contributed by atoms with Gasteiger partial charge in [0.1, 0.15) is 18.3 Å². The number of rotatable bonds is 4. The predicted molar refractivity (Wildman–Crippen MR) is 95.5 cm³/mol. The maximum atomic E-state index is 10.3. The summed E-state index contributed by atoms with van der Waals surface area (Å²) in [5.41, 5.74) is 4.33. The molecule has 0 aliphatic carbocycles. The highest BCUT2D eigenvalue weighted by Gasteiger charge is 2.44. The lowest BCUT2D eigenvalue weighted by molar-refractivity contribution is -0.0511. The van der Waals surface area contributed by atoms with Crippen molar-refractivity contribution in [3.05, 3.63) is 10.2 Å². The molecule has 0 unspecified atom stereocenters. The molecule has 2 aliphatic heterocycles. The Morgan fingerprint density at radius 1 is 1.24 bits per heavy atom. The molecule has 2 aliphatic rings. The molecule has 0 aromatic carbocycles. The molecule has 4 rings (SSSR count). The van der Waals surface area contributed by atoms with E-state index < -0.39 is 24.5 Å². The van der Waals surface area contributed by atoms with E-state index in [2.05, 4.69) is 25.4 Å². The van der Waals surface area contributed by atoms with Crippen LogP contribution in [-0.4, -0.2) is 77.9 Å². The van der Waals surface area contributed by atoms with Crippen LogP contribution >= 0.6 is 22.6 Å². The average Bonchev–Trinajstić information content (AvgIpc) is 3.29. The standard InChI is InChI=1S/C14H19IN6O4/c15-14-17-11(19-20-3-1-2-4-20)8-12(18-14)21(6-16-8)13-10(24)9(23)7(5-22)25-13/h6-7,9-10,13,22-24H,1-5H2,(H,17,18,19)/t7-,9-,10-,13-/m1/s1. The van der Waals surface area contributed by atoms with Gasteiger partial charge in [0.25, 0.3) is 0 Å². The minimum atomic E-state index is -1.18. The number of aliphatic hydroxyl groups excluding tert-OH is 3. The SMILES string of the molecule is OC[C@H]1O[C@@H](n2cnc3c(NN4CCCC4)nc(I)nc32)[C@H](O)[C@@H]1O. The Balaban J connectivity index is 1.70. The molecule has 2 fully saturated rings. The lowest BCUT2D eigenvalue weighted by atomic mass is 10.1. The summed E-state index contributed by atoms with van der Waals surface area (Å²) in [5, 5.41) is 31.6. The molecular formula is C14H19IN6O4. The van der Waals surface area contributed by atoms with E-state index in [0.717, 1.165) is 25.9 Å². The van der Waals surface area contributed by atoms with Crippen LogP contribution in [-0.2, 0) is 4.74 Å². The van der Waals surface area contributed by atoms with Gasteiger partial charge in [0, 0.05) is 35.7 Å². The van der Waals surface area contributed by atoms with Gasteiger partial charge in [-0.25, -0.2) is 20.0 Å². The summed E-state index contributed by atoms with van der Waals surface area (Å²) in [4.78, 5) is 13.2. The second-order valence-corrected chi connectivity index (χ2v) is 7.16. The van der Waals surface area contributed by atoms with Gasteiger partial charge in [0.15, 0.2) is 27.0 Å². The van der Waals surface area contributed by atoms with E-state index in [1.54, 1.807) is 4.57 Å². The van der Waals surface area contributed by atoms with Crippen LogP contribution in [0.3, 0.4) is 0 Å². The molecule has 25 heavy (non-hydrogen) atoms. The third-order valence-corrected chi connectivity index (χ3v) is 5.04. The van der Waals surface area contributed by atoms with Crippen molar-refractivity contribution < 1.29 is 20.1 Å². The largest absolute Gasteiger partial charge is 0.394 e. The van der Waals surface area contributed by atoms with Gasteiger partial charge >= 0.3 is 0 Å². The highest BCUT2D eigenvalue weighted by molar-refractivity contribution is 14.1. The van der Waals surface area contributed by atoms with Crippen molar-refractivity contribution in [2.24, 2.45) is 0 Å². The number of ether oxygens (including phenoxy) is 1. The molecular weight excluding hydrogens is 443 g/mol. The van der Waals surface area contributed by atoms with Crippen LogP contribution in [0.1, 0.15) is 19.1 Å². The molecule has 2 aromatic heterocycles. The summed E-state index contributed by atoms with van der Waals surface area (Å²) in [7, 11) is 0. The van der Waals surface area contributed by atoms with Gasteiger partial charge in [-0.05, 0) is 12.8 Å². The Kier molecular flexibility index (Phi) is 4.77. The Hall–Kier alpha value is -1.12. The number of imidazole rings is 1. The van der Waals surface area contributed by atoms with E-state index in [9.17, 15) is 15.3 Å². The Morgan fingerprint density at radius 2 is 2.00 bits per heavy atom. The number of aromatic nitrogens is 4. The van der Waals surface area contributed by atoms with Gasteiger partial charge < -0.3 is 25.5 Å². The van der Waals surface area contributed by atoms with E-state index in [4.69, 9.17) is 4.74 Å². The fourth-order valence-electron chi connectivity index (χ4n) is 3.24. The molecule has 4 heterocycles. The summed E-state index contributed by atoms with van der Waals surface area (Å²) in [6.45, 7) is 1.50. The summed E-state index contributed by atoms with van der Waals surface area (Å²) < 4.78 is 7.68. The average molecular weight is 462 g/mol. The summed E-state index contributed by atoms with van der Waals surface area (Å²) in [6.07, 6.45) is -0.300. The van der Waals surface area contributed by atoms with Crippen molar-refractivity contribution in [2.45, 2.75) is 37.4 Å². The molecule has 0 spiro atoms. The highest BCUT2D eigenvalue weighted by atomic mass is 127. The van der Waals surface area contributed by atoms with E-state index in [-0.39, 0.29) is 6.61 Å². The minimum absolute atomic E-state index is 0.379. The highest BCUT2D eigenvalue weighted by Crippen LogP contribution is 2.32. The van der Waals surface area contributed by atoms with E-state index in [1.165, 1.54) is 6.33 Å². The number of hydrogen-bond acceptors (Lipinski definition) is 9. The zero-order valence-electron chi connectivity index (χ0n) is 13.3. The van der Waals surface area contributed by atoms with Gasteiger partial charge in [0.05, 0.1) is 12.9 Å². The molecule has 2 aromatic rings. The number of fused-ring (bicyclic) bond motifs is 1. The van der Waals surface area contributed by atoms with E-state index >= 15 is 0 Å². The van der Waals surface area contributed by atoms with Gasteiger partial charge in [-0.15, -0.1) is 0 Å². The van der Waals surface area contributed by atoms with Crippen molar-refractivity contribution in [1.29, 1.82) is 0 Å². The second kappa shape index (κ2) is 6.89. The molecule has 136 valence electrons. The Bertz CT molecular complexity index is 767. The first kappa shape index (κ1) is 17.3. The van der Waals surface area contributed by atoms with Crippen LogP contribution in [0, 0.1) is 3.83 Å². The third kappa shape index (κ3) is 3.08. The molecule has 0 amide bonds. The van der Waals surface area contributed by atoms with Crippen LogP contribution in [0.15, 0.2) is 6.33 Å². The summed E-state index contributed by atoms with van der Waals surface area (Å²) >= 11 is 2.02. The van der Waals surface area contributed by atoms with Crippen LogP contribution in [0.2, 0.25) is 0 Å². The topological polar surface area (TPSA) is 129 Å². The van der Waals surface area contributed by atoms with Crippen molar-refractivity contribution in [1.82, 2.24) is 24.5 Å². The first-order chi connectivity index (χ1) is 12.1. The first-order valence-electron chi connectivity index (χ1n) is 8.12. The van der Waals surface area contributed by atoms with Gasteiger partial charge in [-0.3, -0.25) is 4.57 Å². The lowest BCUT2D eigenvalue weighted by Crippen LogP contribution is -2.33. The van der Waals surface area contributed by atoms with Gasteiger partial charge in [-0.2, -0.15) is 0 Å². The molecule has 4 N–H and O–H groups in total. The van der Waals surface area contributed by atoms with Crippen molar-refractivity contribution >= 4 is 39.6 Å². The minimum Gasteiger partial charge on any atom is -0.394 e. The quantitative estimate of drug-likeness (QED) is 0.350. The summed E-state index contributed by atoms with van der Waals surface area (Å²) in [6, 6.07) is 0. The number of nitrogens with zero attached hydrogens (tertiary/aromatic N) is 5. The monoisotopic (exact) mass is 462 g/mol. The maximum absolute atomic E-state index is 10.3. The first-order valence-corrected chi connectivity index (χ1v) is 9.20. The molecule has 0 bridgehead atoms. The second-order valence-electron chi connectivity index (χ2n) is 6.20. The van der Waals surface area contributed by atoms with Crippen molar-refractivity contribution in [3.63, 3.8) is 0 Å². The number of anilines is 1. The van der Waals surface area contributed by atoms with Gasteiger partial charge in [0.2, 0.25) is 0 Å². The smallest absolute Gasteiger partial charge is 0.194 e. The molecule has 0 saturated carbocycles. The maximum Gasteiger partial charge on any atom is 0.194 e. The number of aliphatic hydroxyl groups is 3. The van der Waals surface area contributed by atoms with Crippen LogP contribution in [0.5, 0.6) is 0 Å². The molecule has 11 heteroatoms. The van der Waals surface area contributed by atoms with Gasteiger partial charge in [-0.1, -0.05) is 0 Å². The third-order valence-electron chi connectivity index (χ3n) is 4.56. The van der Waals surface area contributed by atoms with E-state index in [1.807, 2.05) is 22.6 Å². The normalized spacial score (nSPS) is 30.4. The zero-order valence-corrected chi connectivity index (χ0v) is 15.4. The fourth-order valence-corrected chi connectivity index (χ4v) is 3.71. The van der Waals surface area contributed by atoms with Crippen molar-refractivity contribution in [3.8, 4) is 0 Å². The van der Waals surface area contributed by atoms with Crippen molar-refractivity contribution in [2.75, 3.05) is 25.1 Å². The molecule has 2 saturated heterocycles. The molecule has 10 nitrogen and oxygen atoms in total. The summed E-state index contributed by atoms with van der Waals surface area (Å²) in [5.74, 6) is 0.599. The lowest BCUT2D eigenvalue weighted by Gasteiger charge is -2.18. The number of nitrogens with one attached hydrogen (secondary N) is 1. The predicted octanol–water partition coefficient (Wildman–Crippen LogP) is -0.535. The Labute approximate surface area is 157 Å². The van der Waals surface area contributed by atoms with Crippen LogP contribution < -0.4 is 5.43 Å². The van der Waals surface area contributed by atoms with E-state index in [0.29, 0.717) is 20.8 Å². The molecule has 0 radical (unpaired) electrons. The number of hydrogen-bond donors (Lipinski definition) is 4. The zero-order chi connectivity index (χ0) is 17.6. The number of hydrazine groups is 1. The number of halogens is 1.